The Kier molecular flexibility index (Phi) is 6.65. The topological polar surface area (TPSA) is 65.1 Å². The van der Waals surface area contributed by atoms with Crippen molar-refractivity contribution in [3.8, 4) is 17.2 Å². The van der Waals surface area contributed by atoms with Gasteiger partial charge < -0.3 is 14.2 Å². The zero-order valence-corrected chi connectivity index (χ0v) is 18.7. The molecule has 3 aromatic carbocycles. The summed E-state index contributed by atoms with van der Waals surface area (Å²) < 4.78 is 29.8. The van der Waals surface area contributed by atoms with Crippen molar-refractivity contribution in [3.05, 3.63) is 88.6 Å². The van der Waals surface area contributed by atoms with Crippen molar-refractivity contribution in [2.75, 3.05) is 19.1 Å². The zero-order valence-electron chi connectivity index (χ0n) is 17.9. The number of benzene rings is 3. The van der Waals surface area contributed by atoms with E-state index in [2.05, 4.69) is 0 Å². The van der Waals surface area contributed by atoms with Gasteiger partial charge in [0.25, 0.3) is 11.1 Å². The van der Waals surface area contributed by atoms with Crippen LogP contribution in [0.1, 0.15) is 11.1 Å². The molecule has 2 amide bonds. The van der Waals surface area contributed by atoms with E-state index in [1.54, 1.807) is 60.7 Å². The molecule has 1 saturated heterocycles. The number of halogens is 1. The first kappa shape index (κ1) is 22.4. The Balaban J connectivity index is 1.55. The summed E-state index contributed by atoms with van der Waals surface area (Å²) in [6, 6.07) is 18.2. The average Bonchev–Trinajstić information content (AvgIpc) is 3.10. The van der Waals surface area contributed by atoms with Crippen molar-refractivity contribution in [2.45, 2.75) is 6.61 Å². The lowest BCUT2D eigenvalue weighted by Gasteiger charge is -2.15. The number of hydrogen-bond donors (Lipinski definition) is 0. The van der Waals surface area contributed by atoms with Crippen molar-refractivity contribution in [3.63, 3.8) is 0 Å². The number of nitrogens with zero attached hydrogens (tertiary/aromatic N) is 1. The minimum atomic E-state index is -0.431. The van der Waals surface area contributed by atoms with Crippen LogP contribution in [0, 0.1) is 5.82 Å². The van der Waals surface area contributed by atoms with E-state index < -0.39 is 11.1 Å². The maximum absolute atomic E-state index is 13.4. The Morgan fingerprint density at radius 3 is 2.45 bits per heavy atom. The number of carbonyl (C=O) groups is 2. The highest BCUT2D eigenvalue weighted by molar-refractivity contribution is 8.19. The van der Waals surface area contributed by atoms with Gasteiger partial charge in [-0.15, -0.1) is 0 Å². The van der Waals surface area contributed by atoms with Crippen LogP contribution in [0.5, 0.6) is 17.2 Å². The van der Waals surface area contributed by atoms with E-state index in [1.165, 1.54) is 26.4 Å². The van der Waals surface area contributed by atoms with Crippen LogP contribution < -0.4 is 19.1 Å². The van der Waals surface area contributed by atoms with E-state index in [0.29, 0.717) is 34.1 Å². The van der Waals surface area contributed by atoms with Gasteiger partial charge in [0.1, 0.15) is 18.2 Å². The highest BCUT2D eigenvalue weighted by atomic mass is 32.2. The number of anilines is 1. The van der Waals surface area contributed by atoms with E-state index in [1.807, 2.05) is 0 Å². The summed E-state index contributed by atoms with van der Waals surface area (Å²) in [7, 11) is 2.99. The summed E-state index contributed by atoms with van der Waals surface area (Å²) in [6.45, 7) is 0.172. The normalized spacial score (nSPS) is 14.6. The zero-order chi connectivity index (χ0) is 23.4. The monoisotopic (exact) mass is 465 g/mol. The van der Waals surface area contributed by atoms with Crippen LogP contribution in [0.4, 0.5) is 14.9 Å². The highest BCUT2D eigenvalue weighted by Crippen LogP contribution is 2.40. The van der Waals surface area contributed by atoms with Gasteiger partial charge in [-0.25, -0.2) is 9.29 Å². The third-order valence-electron chi connectivity index (χ3n) is 4.89. The third kappa shape index (κ3) is 4.85. The lowest BCUT2D eigenvalue weighted by Crippen LogP contribution is -2.28. The van der Waals surface area contributed by atoms with Crippen molar-refractivity contribution in [1.29, 1.82) is 0 Å². The van der Waals surface area contributed by atoms with Crippen molar-refractivity contribution < 1.29 is 28.2 Å². The molecule has 168 valence electrons. The Bertz CT molecular complexity index is 1240. The number of hydrogen-bond acceptors (Lipinski definition) is 6. The molecule has 6 nitrogen and oxygen atoms in total. The lowest BCUT2D eigenvalue weighted by molar-refractivity contribution is -0.113. The molecule has 4 rings (SSSR count). The molecular weight excluding hydrogens is 445 g/mol. The summed E-state index contributed by atoms with van der Waals surface area (Å²) in [5.74, 6) is 0.591. The number of carbonyl (C=O) groups excluding carboxylic acids is 2. The summed E-state index contributed by atoms with van der Waals surface area (Å²) in [5.41, 5.74) is 1.74. The molecule has 0 unspecified atom stereocenters. The maximum Gasteiger partial charge on any atom is 0.298 e. The van der Waals surface area contributed by atoms with E-state index in [-0.39, 0.29) is 17.3 Å². The molecular formula is C25H20FNO5S. The standard InChI is InChI=1S/C25H20FNO5S/c1-30-20-9-4-3-8-19(20)27-24(28)23(33-25(27)29)14-16-10-11-21(22(13-16)31-2)32-15-17-6-5-7-18(26)12-17/h3-14H,15H2,1-2H3. The number of amides is 2. The van der Waals surface area contributed by atoms with Gasteiger partial charge in [-0.05, 0) is 65.4 Å². The Labute approximate surface area is 194 Å². The van der Waals surface area contributed by atoms with Gasteiger partial charge in [0.05, 0.1) is 24.8 Å². The van der Waals surface area contributed by atoms with Gasteiger partial charge in [-0.2, -0.15) is 0 Å². The molecule has 1 aliphatic rings. The van der Waals surface area contributed by atoms with Crippen LogP contribution in [-0.2, 0) is 11.4 Å². The Morgan fingerprint density at radius 2 is 1.70 bits per heavy atom. The van der Waals surface area contributed by atoms with Crippen LogP contribution in [0.25, 0.3) is 6.08 Å². The molecule has 0 radical (unpaired) electrons. The van der Waals surface area contributed by atoms with Gasteiger partial charge in [-0.1, -0.05) is 30.3 Å². The molecule has 0 bridgehead atoms. The highest BCUT2D eigenvalue weighted by Gasteiger charge is 2.37. The fourth-order valence-electron chi connectivity index (χ4n) is 3.32. The molecule has 0 aliphatic carbocycles. The Morgan fingerprint density at radius 1 is 0.909 bits per heavy atom. The predicted octanol–water partition coefficient (Wildman–Crippen LogP) is 5.66. The number of thioether (sulfide) groups is 1. The number of para-hydroxylation sites is 2. The average molecular weight is 466 g/mol. The molecule has 0 aromatic heterocycles. The second-order valence-electron chi connectivity index (χ2n) is 7.02. The predicted molar refractivity (Wildman–Crippen MR) is 125 cm³/mol. The fraction of sp³-hybridized carbons (Fsp3) is 0.120. The fourth-order valence-corrected chi connectivity index (χ4v) is 4.16. The second kappa shape index (κ2) is 9.79. The van der Waals surface area contributed by atoms with E-state index >= 15 is 0 Å². The molecule has 8 heteroatoms. The van der Waals surface area contributed by atoms with Gasteiger partial charge in [0.15, 0.2) is 11.5 Å². The molecule has 0 atom stereocenters. The van der Waals surface area contributed by atoms with Crippen LogP contribution in [0.15, 0.2) is 71.6 Å². The van der Waals surface area contributed by atoms with Gasteiger partial charge >= 0.3 is 0 Å². The summed E-state index contributed by atoms with van der Waals surface area (Å²) in [4.78, 5) is 26.9. The first-order valence-corrected chi connectivity index (χ1v) is 10.8. The minimum Gasteiger partial charge on any atom is -0.495 e. The largest absolute Gasteiger partial charge is 0.495 e. The van der Waals surface area contributed by atoms with Gasteiger partial charge in [-0.3, -0.25) is 9.59 Å². The SMILES string of the molecule is COc1cc(C=C2SC(=O)N(c3ccccc3OC)C2=O)ccc1OCc1cccc(F)c1. The molecule has 1 heterocycles. The molecule has 0 spiro atoms. The molecule has 33 heavy (non-hydrogen) atoms. The molecule has 0 saturated carbocycles. The van der Waals surface area contributed by atoms with Crippen molar-refractivity contribution >= 4 is 34.7 Å². The van der Waals surface area contributed by atoms with Crippen molar-refractivity contribution in [2.24, 2.45) is 0 Å². The van der Waals surface area contributed by atoms with Gasteiger partial charge in [0.2, 0.25) is 0 Å². The van der Waals surface area contributed by atoms with E-state index in [0.717, 1.165) is 16.7 Å². The third-order valence-corrected chi connectivity index (χ3v) is 5.76. The first-order chi connectivity index (χ1) is 16.0. The second-order valence-corrected chi connectivity index (χ2v) is 8.01. The van der Waals surface area contributed by atoms with Crippen LogP contribution in [0.3, 0.4) is 0 Å². The molecule has 1 aliphatic heterocycles. The lowest BCUT2D eigenvalue weighted by atomic mass is 10.1. The van der Waals surface area contributed by atoms with Gasteiger partial charge in [0, 0.05) is 0 Å². The van der Waals surface area contributed by atoms with Crippen molar-refractivity contribution in [1.82, 2.24) is 0 Å². The molecule has 0 N–H and O–H groups in total. The molecule has 3 aromatic rings. The maximum atomic E-state index is 13.4. The number of imide groups is 1. The minimum absolute atomic E-state index is 0.172. The van der Waals surface area contributed by atoms with E-state index in [4.69, 9.17) is 14.2 Å². The first-order valence-electron chi connectivity index (χ1n) is 9.96. The number of rotatable bonds is 7. The summed E-state index contributed by atoms with van der Waals surface area (Å²) in [6.07, 6.45) is 1.62. The summed E-state index contributed by atoms with van der Waals surface area (Å²) in [5, 5.41) is -0.405. The summed E-state index contributed by atoms with van der Waals surface area (Å²) >= 11 is 0.853. The smallest absolute Gasteiger partial charge is 0.298 e. The van der Waals surface area contributed by atoms with Crippen LogP contribution >= 0.6 is 11.8 Å². The van der Waals surface area contributed by atoms with E-state index in [9.17, 15) is 14.0 Å². The number of methoxy groups -OCH3 is 2. The molecule has 1 fully saturated rings. The van der Waals surface area contributed by atoms with Crippen LogP contribution in [-0.4, -0.2) is 25.4 Å². The van der Waals surface area contributed by atoms with Crippen LogP contribution in [0.2, 0.25) is 0 Å². The Hall–Kier alpha value is -3.78. The number of ether oxygens (including phenoxy) is 3. The quantitative estimate of drug-likeness (QED) is 0.420.